The molecule has 6 heteroatoms. The van der Waals surface area contributed by atoms with Crippen molar-refractivity contribution in [2.75, 3.05) is 26.0 Å². The number of benzene rings is 1. The number of ether oxygens (including phenoxy) is 2. The molecule has 1 aliphatic rings. The largest absolute Gasteiger partial charge is 0.489 e. The molecule has 1 heterocycles. The molecule has 0 saturated carbocycles. The van der Waals surface area contributed by atoms with Gasteiger partial charge in [-0.1, -0.05) is 12.1 Å². The molecule has 0 aromatic heterocycles. The van der Waals surface area contributed by atoms with Crippen molar-refractivity contribution in [1.82, 2.24) is 0 Å². The van der Waals surface area contributed by atoms with E-state index in [-0.39, 0.29) is 18.4 Å². The maximum absolute atomic E-state index is 12.4. The van der Waals surface area contributed by atoms with E-state index in [1.807, 2.05) is 18.2 Å². The van der Waals surface area contributed by atoms with E-state index in [0.29, 0.717) is 19.0 Å². The topological polar surface area (TPSA) is 54.0 Å². The first-order valence-corrected chi connectivity index (χ1v) is 9.44. The second-order valence-electron chi connectivity index (χ2n) is 5.80. The maximum Gasteiger partial charge on any atom is 0.334 e. The Labute approximate surface area is 132 Å². The Kier molecular flexibility index (Phi) is 5.54. The lowest BCUT2D eigenvalue weighted by Crippen LogP contribution is -2.24. The fourth-order valence-electron chi connectivity index (χ4n) is 2.53. The van der Waals surface area contributed by atoms with E-state index < -0.39 is 7.60 Å². The van der Waals surface area contributed by atoms with Gasteiger partial charge in [-0.2, -0.15) is 0 Å². The monoisotopic (exact) mass is 328 g/mol. The average molecular weight is 328 g/mol. The number of para-hydroxylation sites is 1. The van der Waals surface area contributed by atoms with Crippen LogP contribution < -0.4 is 9.47 Å². The summed E-state index contributed by atoms with van der Waals surface area (Å²) in [5.74, 6) is 1.47. The maximum atomic E-state index is 12.4. The van der Waals surface area contributed by atoms with Crippen molar-refractivity contribution in [3.63, 3.8) is 0 Å². The second-order valence-corrected chi connectivity index (χ2v) is 7.99. The Morgan fingerprint density at radius 3 is 2.55 bits per heavy atom. The minimum Gasteiger partial charge on any atom is -0.489 e. The van der Waals surface area contributed by atoms with E-state index in [9.17, 15) is 4.57 Å². The van der Waals surface area contributed by atoms with Gasteiger partial charge in [0.05, 0.1) is 26.0 Å². The van der Waals surface area contributed by atoms with Crippen LogP contribution in [0.3, 0.4) is 0 Å². The van der Waals surface area contributed by atoms with Gasteiger partial charge in [0.25, 0.3) is 0 Å². The molecule has 0 fully saturated rings. The van der Waals surface area contributed by atoms with Crippen molar-refractivity contribution in [1.29, 1.82) is 0 Å². The molecule has 0 aliphatic carbocycles. The van der Waals surface area contributed by atoms with Crippen LogP contribution >= 0.6 is 7.60 Å². The zero-order chi connectivity index (χ0) is 16.2. The highest BCUT2D eigenvalue weighted by Gasteiger charge is 2.32. The molecule has 5 nitrogen and oxygen atoms in total. The molecular formula is C16H25O5P. The van der Waals surface area contributed by atoms with Crippen LogP contribution in [0.2, 0.25) is 0 Å². The van der Waals surface area contributed by atoms with Crippen LogP contribution in [-0.2, 0) is 20.0 Å². The summed E-state index contributed by atoms with van der Waals surface area (Å²) in [4.78, 5) is 0. The van der Waals surface area contributed by atoms with Crippen molar-refractivity contribution in [3.05, 3.63) is 23.8 Å². The van der Waals surface area contributed by atoms with E-state index in [1.165, 1.54) is 0 Å². The van der Waals surface area contributed by atoms with E-state index >= 15 is 0 Å². The first kappa shape index (κ1) is 17.3. The minimum atomic E-state index is -3.07. The molecular weight excluding hydrogens is 303 g/mol. The molecule has 0 bridgehead atoms. The lowest BCUT2D eigenvalue weighted by atomic mass is 10.0. The molecule has 0 radical (unpaired) electrons. The summed E-state index contributed by atoms with van der Waals surface area (Å²) in [5, 5.41) is 0. The molecule has 1 aromatic rings. The molecule has 0 spiro atoms. The molecule has 1 aromatic carbocycles. The number of hydrogen-bond acceptors (Lipinski definition) is 5. The highest BCUT2D eigenvalue weighted by Crippen LogP contribution is 2.48. The van der Waals surface area contributed by atoms with Gasteiger partial charge in [0.2, 0.25) is 0 Å². The van der Waals surface area contributed by atoms with Crippen LogP contribution in [-0.4, -0.2) is 31.6 Å². The van der Waals surface area contributed by atoms with Crippen molar-refractivity contribution in [2.24, 2.45) is 0 Å². The molecule has 2 rings (SSSR count). The fourth-order valence-corrected chi connectivity index (χ4v) is 3.96. The Bertz CT molecular complexity index is 545. The molecule has 0 atom stereocenters. The van der Waals surface area contributed by atoms with Gasteiger partial charge in [-0.25, -0.2) is 0 Å². The van der Waals surface area contributed by atoms with Crippen molar-refractivity contribution in [3.8, 4) is 11.5 Å². The summed E-state index contributed by atoms with van der Waals surface area (Å²) >= 11 is 0. The Morgan fingerprint density at radius 1 is 1.23 bits per heavy atom. The summed E-state index contributed by atoms with van der Waals surface area (Å²) in [6.07, 6.45) is 1.08. The van der Waals surface area contributed by atoms with Crippen LogP contribution in [0.4, 0.5) is 0 Å². The van der Waals surface area contributed by atoms with Crippen molar-refractivity contribution < 1.29 is 23.1 Å². The van der Waals surface area contributed by atoms with Crippen molar-refractivity contribution in [2.45, 2.75) is 39.7 Å². The quantitative estimate of drug-likeness (QED) is 0.674. The van der Waals surface area contributed by atoms with E-state index in [1.54, 1.807) is 13.8 Å². The zero-order valence-corrected chi connectivity index (χ0v) is 14.7. The second kappa shape index (κ2) is 7.03. The Hall–Kier alpha value is -1.03. The van der Waals surface area contributed by atoms with Gasteiger partial charge < -0.3 is 18.5 Å². The van der Waals surface area contributed by atoms with Gasteiger partial charge in [-0.15, -0.1) is 0 Å². The van der Waals surface area contributed by atoms with Gasteiger partial charge in [0.15, 0.2) is 11.5 Å². The van der Waals surface area contributed by atoms with Crippen LogP contribution in [0.5, 0.6) is 11.5 Å². The van der Waals surface area contributed by atoms with Crippen LogP contribution in [0.25, 0.3) is 0 Å². The average Bonchev–Trinajstić information content (AvgIpc) is 2.74. The fraction of sp³-hybridized carbons (Fsp3) is 0.625. The third kappa shape index (κ3) is 4.25. The standard InChI is InChI=1S/C16H25O5P/c1-5-19-22(17,20-6-2)11-10-18-14-9-7-8-13-12-16(3,4)21-15(13)14/h7-9H,5-6,10-12H2,1-4H3. The predicted molar refractivity (Wildman–Crippen MR) is 86.1 cm³/mol. The lowest BCUT2D eigenvalue weighted by molar-refractivity contribution is 0.132. The molecule has 0 N–H and O–H groups in total. The number of rotatable bonds is 8. The first-order chi connectivity index (χ1) is 10.4. The third-order valence-electron chi connectivity index (χ3n) is 3.33. The molecule has 0 amide bonds. The van der Waals surface area contributed by atoms with Gasteiger partial charge in [-0.3, -0.25) is 4.57 Å². The first-order valence-electron chi connectivity index (χ1n) is 7.71. The summed E-state index contributed by atoms with van der Waals surface area (Å²) < 4.78 is 34.6. The Morgan fingerprint density at radius 2 is 1.91 bits per heavy atom. The zero-order valence-electron chi connectivity index (χ0n) is 13.8. The molecule has 0 unspecified atom stereocenters. The molecule has 1 aliphatic heterocycles. The number of hydrogen-bond donors (Lipinski definition) is 0. The summed E-state index contributed by atoms with van der Waals surface area (Å²) in [6.45, 7) is 8.67. The molecule has 0 saturated heterocycles. The highest BCUT2D eigenvalue weighted by molar-refractivity contribution is 7.53. The van der Waals surface area contributed by atoms with Crippen LogP contribution in [0.1, 0.15) is 33.3 Å². The van der Waals surface area contributed by atoms with Gasteiger partial charge >= 0.3 is 7.60 Å². The summed E-state index contributed by atoms with van der Waals surface area (Å²) in [5.41, 5.74) is 0.925. The third-order valence-corrected chi connectivity index (χ3v) is 5.36. The van der Waals surface area contributed by atoms with Gasteiger partial charge in [-0.05, 0) is 33.8 Å². The van der Waals surface area contributed by atoms with E-state index in [4.69, 9.17) is 18.5 Å². The number of fused-ring (bicyclic) bond motifs is 1. The molecule has 124 valence electrons. The van der Waals surface area contributed by atoms with E-state index in [2.05, 4.69) is 13.8 Å². The lowest BCUT2D eigenvalue weighted by Gasteiger charge is -2.19. The highest BCUT2D eigenvalue weighted by atomic mass is 31.2. The minimum absolute atomic E-state index is 0.215. The summed E-state index contributed by atoms with van der Waals surface area (Å²) in [7, 11) is -3.07. The summed E-state index contributed by atoms with van der Waals surface area (Å²) in [6, 6.07) is 5.86. The normalized spacial score (nSPS) is 16.2. The van der Waals surface area contributed by atoms with Crippen molar-refractivity contribution >= 4 is 7.60 Å². The smallest absolute Gasteiger partial charge is 0.334 e. The van der Waals surface area contributed by atoms with Crippen LogP contribution in [0, 0.1) is 0 Å². The predicted octanol–water partition coefficient (Wildman–Crippen LogP) is 4.05. The molecule has 22 heavy (non-hydrogen) atoms. The van der Waals surface area contributed by atoms with Crippen LogP contribution in [0.15, 0.2) is 18.2 Å². The van der Waals surface area contributed by atoms with E-state index in [0.717, 1.165) is 17.7 Å². The Balaban J connectivity index is 1.99. The SMILES string of the molecule is CCOP(=O)(CCOc1cccc2c1OC(C)(C)C2)OCC. The van der Waals surface area contributed by atoms with Gasteiger partial charge in [0, 0.05) is 12.0 Å². The van der Waals surface area contributed by atoms with Gasteiger partial charge in [0.1, 0.15) is 5.60 Å².